The minimum Gasteiger partial charge on any atom is -0.491 e. The summed E-state index contributed by atoms with van der Waals surface area (Å²) in [4.78, 5) is 72.3. The number of ether oxygens (including phenoxy) is 6. The van der Waals surface area contributed by atoms with Gasteiger partial charge in [0.15, 0.2) is 0 Å². The number of carbonyl (C=O) groups is 4. The number of carbonyl (C=O) groups excluding carboxylic acids is 4. The lowest BCUT2D eigenvalue weighted by atomic mass is 9.98. The highest BCUT2D eigenvalue weighted by Crippen LogP contribution is 2.42. The van der Waals surface area contributed by atoms with E-state index in [9.17, 15) is 19.2 Å². The van der Waals surface area contributed by atoms with Crippen molar-refractivity contribution in [2.45, 2.75) is 83.3 Å². The number of hydrogen-bond acceptors (Lipinski definition) is 12. The molecule has 4 N–H and O–H groups in total. The number of methoxy groups -OCH3 is 4. The SMILES string of the molecule is COCCOc1cc(-c2cnc([C@@H]3CCCN3C(=O)C(NC(=O)OC)=C3CCCC3)[nH]2)ccc1-c1ccc(-c2cnc([C@@H]3CCCN3C(=O)[C@@H](NC(=O)OC)C(C)C)[nH]2)cc1OCCOC. The first kappa shape index (κ1) is 47.6. The molecule has 4 amide bonds. The average molecular weight is 911 g/mol. The molecule has 3 atom stereocenters. The summed E-state index contributed by atoms with van der Waals surface area (Å²) in [5, 5.41) is 5.42. The maximum atomic E-state index is 14.0. The summed E-state index contributed by atoms with van der Waals surface area (Å²) in [7, 11) is 5.81. The smallest absolute Gasteiger partial charge is 0.411 e. The Bertz CT molecular complexity index is 2370. The van der Waals surface area contributed by atoms with Crippen molar-refractivity contribution in [3.8, 4) is 45.1 Å². The molecule has 0 unspecified atom stereocenters. The van der Waals surface area contributed by atoms with Crippen molar-refractivity contribution < 1.29 is 47.6 Å². The highest BCUT2D eigenvalue weighted by Gasteiger charge is 2.38. The fourth-order valence-corrected chi connectivity index (χ4v) is 8.97. The molecule has 2 aliphatic heterocycles. The molecule has 7 rings (SSSR count). The highest BCUT2D eigenvalue weighted by molar-refractivity contribution is 5.97. The van der Waals surface area contributed by atoms with Crippen LogP contribution in [0.2, 0.25) is 0 Å². The molecule has 1 aliphatic carbocycles. The van der Waals surface area contributed by atoms with E-state index in [0.717, 1.165) is 90.6 Å². The number of hydrogen-bond donors (Lipinski definition) is 4. The van der Waals surface area contributed by atoms with E-state index in [1.165, 1.54) is 14.2 Å². The maximum Gasteiger partial charge on any atom is 0.411 e. The van der Waals surface area contributed by atoms with Gasteiger partial charge in [0.25, 0.3) is 5.91 Å². The topological polar surface area (TPSA) is 212 Å². The van der Waals surface area contributed by atoms with Crippen LogP contribution in [0.15, 0.2) is 60.1 Å². The second-order valence-electron chi connectivity index (χ2n) is 17.0. The van der Waals surface area contributed by atoms with Crippen molar-refractivity contribution in [3.05, 3.63) is 71.7 Å². The van der Waals surface area contributed by atoms with Gasteiger partial charge >= 0.3 is 12.2 Å². The maximum absolute atomic E-state index is 14.0. The number of aromatic nitrogens is 4. The first-order valence-corrected chi connectivity index (χ1v) is 22.7. The molecule has 3 aliphatic rings. The van der Waals surface area contributed by atoms with Crippen molar-refractivity contribution in [3.63, 3.8) is 0 Å². The molecule has 4 aromatic rings. The Kier molecular flexibility index (Phi) is 16.0. The molecule has 4 heterocycles. The molecule has 18 heteroatoms. The number of amides is 4. The van der Waals surface area contributed by atoms with E-state index in [1.54, 1.807) is 36.4 Å². The summed E-state index contributed by atoms with van der Waals surface area (Å²) in [5.41, 5.74) is 5.98. The fourth-order valence-electron chi connectivity index (χ4n) is 8.97. The molecule has 0 spiro atoms. The number of nitrogens with zero attached hydrogens (tertiary/aromatic N) is 4. The van der Waals surface area contributed by atoms with Gasteiger partial charge in [-0.3, -0.25) is 14.9 Å². The Morgan fingerprint density at radius 2 is 1.21 bits per heavy atom. The van der Waals surface area contributed by atoms with Crippen LogP contribution in [0.4, 0.5) is 9.59 Å². The predicted octanol–water partition coefficient (Wildman–Crippen LogP) is 7.08. The third kappa shape index (κ3) is 10.8. The first-order valence-electron chi connectivity index (χ1n) is 22.7. The number of nitrogens with one attached hydrogen (secondary N) is 4. The number of likely N-dealkylation sites (tertiary alicyclic amines) is 2. The summed E-state index contributed by atoms with van der Waals surface area (Å²) in [6, 6.07) is 10.5. The van der Waals surface area contributed by atoms with Gasteiger partial charge in [0.2, 0.25) is 5.91 Å². The molecular formula is C48H62N8O10. The quantitative estimate of drug-likeness (QED) is 0.0583. The first-order chi connectivity index (χ1) is 32.0. The van der Waals surface area contributed by atoms with Crippen molar-refractivity contribution >= 4 is 24.0 Å². The number of imidazole rings is 2. The lowest BCUT2D eigenvalue weighted by Crippen LogP contribution is -2.51. The largest absolute Gasteiger partial charge is 0.491 e. The van der Waals surface area contributed by atoms with Crippen LogP contribution in [0.25, 0.3) is 33.6 Å². The second kappa shape index (κ2) is 22.2. The summed E-state index contributed by atoms with van der Waals surface area (Å²) in [5.74, 6) is 1.95. The van der Waals surface area contributed by atoms with Crippen molar-refractivity contribution in [1.29, 1.82) is 0 Å². The van der Waals surface area contributed by atoms with Crippen LogP contribution in [-0.2, 0) is 28.5 Å². The van der Waals surface area contributed by atoms with Crippen LogP contribution in [0, 0.1) is 5.92 Å². The van der Waals surface area contributed by atoms with Crippen LogP contribution in [0.5, 0.6) is 11.5 Å². The zero-order chi connectivity index (χ0) is 46.7. The van der Waals surface area contributed by atoms with Crippen LogP contribution in [-0.4, -0.2) is 128 Å². The van der Waals surface area contributed by atoms with Crippen molar-refractivity contribution in [2.24, 2.45) is 5.92 Å². The molecule has 354 valence electrons. The van der Waals surface area contributed by atoms with Crippen molar-refractivity contribution in [2.75, 3.05) is 68.0 Å². The minimum atomic E-state index is -0.738. The number of benzene rings is 2. The van der Waals surface area contributed by atoms with Gasteiger partial charge in [-0.15, -0.1) is 0 Å². The Morgan fingerprint density at radius 3 is 1.71 bits per heavy atom. The zero-order valence-electron chi connectivity index (χ0n) is 38.7. The number of aromatic amines is 2. The van der Waals surface area contributed by atoms with Crippen LogP contribution < -0.4 is 20.1 Å². The highest BCUT2D eigenvalue weighted by atomic mass is 16.5. The molecule has 18 nitrogen and oxygen atoms in total. The van der Waals surface area contributed by atoms with Crippen molar-refractivity contribution in [1.82, 2.24) is 40.4 Å². The standard InChI is InChI=1S/C48H62N8O10/c1-29(2)41(53-47(59)63-5)45(57)55-19-9-13-37(55)43-49-27-35(51-43)31-15-17-33(39(25-31)65-23-21-61-3)34-18-16-32(26-40(34)66-24-22-62-4)36-28-50-44(52-36)38-14-10-20-56(38)46(58)42(54-48(60)64-6)30-11-7-8-12-30/h15-18,25-29,37-38,41H,7-14,19-24H2,1-6H3,(H,49,51)(H,50,52)(H,53,59)(H,54,60)/t37-,38-,41-/m0/s1. The Morgan fingerprint density at radius 1 is 0.697 bits per heavy atom. The zero-order valence-corrected chi connectivity index (χ0v) is 38.7. The van der Waals surface area contributed by atoms with Crippen LogP contribution in [0.3, 0.4) is 0 Å². The van der Waals surface area contributed by atoms with Gasteiger partial charge in [0.05, 0.1) is 63.3 Å². The normalized spacial score (nSPS) is 17.5. The number of alkyl carbamates (subject to hydrolysis) is 2. The van der Waals surface area contributed by atoms with Gasteiger partial charge in [-0.25, -0.2) is 19.6 Å². The third-order valence-corrected chi connectivity index (χ3v) is 12.4. The third-order valence-electron chi connectivity index (χ3n) is 12.4. The van der Waals surface area contributed by atoms with Gasteiger partial charge in [-0.05, 0) is 87.1 Å². The van der Waals surface area contributed by atoms with Gasteiger partial charge in [0.1, 0.15) is 48.1 Å². The van der Waals surface area contributed by atoms with Gasteiger partial charge in [0, 0.05) is 49.6 Å². The molecule has 2 aromatic heterocycles. The lowest BCUT2D eigenvalue weighted by Gasteiger charge is -2.30. The number of H-pyrrole nitrogens is 2. The summed E-state index contributed by atoms with van der Waals surface area (Å²) < 4.78 is 33.1. The average Bonchev–Trinajstić information content (AvgIpc) is 4.19. The Balaban J connectivity index is 1.15. The Hall–Kier alpha value is -6.40. The second-order valence-corrected chi connectivity index (χ2v) is 17.0. The molecule has 2 aromatic carbocycles. The van der Waals surface area contributed by atoms with Crippen LogP contribution >= 0.6 is 0 Å². The van der Waals surface area contributed by atoms with Gasteiger partial charge in [-0.1, -0.05) is 26.0 Å². The molecule has 1 saturated carbocycles. The Labute approximate surface area is 385 Å². The molecule has 3 fully saturated rings. The van der Waals surface area contributed by atoms with E-state index in [-0.39, 0.29) is 29.8 Å². The molecule has 2 saturated heterocycles. The number of rotatable bonds is 18. The van der Waals surface area contributed by atoms with E-state index in [0.29, 0.717) is 68.4 Å². The lowest BCUT2D eigenvalue weighted by molar-refractivity contribution is -0.135. The van der Waals surface area contributed by atoms with E-state index in [1.807, 2.05) is 50.2 Å². The summed E-state index contributed by atoms with van der Waals surface area (Å²) >= 11 is 0. The van der Waals surface area contributed by atoms with E-state index in [4.69, 9.17) is 38.4 Å². The van der Waals surface area contributed by atoms with Crippen LogP contribution in [0.1, 0.15) is 88.9 Å². The predicted molar refractivity (Wildman–Crippen MR) is 244 cm³/mol. The molecule has 0 bridgehead atoms. The molecule has 0 radical (unpaired) electrons. The minimum absolute atomic E-state index is 0.148. The molecular weight excluding hydrogens is 849 g/mol. The number of allylic oxidation sites excluding steroid dienone is 1. The monoisotopic (exact) mass is 910 g/mol. The molecule has 66 heavy (non-hydrogen) atoms. The summed E-state index contributed by atoms with van der Waals surface area (Å²) in [6.07, 6.45) is 8.73. The summed E-state index contributed by atoms with van der Waals surface area (Å²) in [6.45, 7) is 6.19. The fraction of sp³-hybridized carbons (Fsp3) is 0.500. The van der Waals surface area contributed by atoms with Gasteiger partial charge in [-0.2, -0.15) is 0 Å². The van der Waals surface area contributed by atoms with E-state index < -0.39 is 18.2 Å². The van der Waals surface area contributed by atoms with Gasteiger partial charge < -0.3 is 53.5 Å². The van der Waals surface area contributed by atoms with E-state index in [2.05, 4.69) is 20.6 Å². The van der Waals surface area contributed by atoms with E-state index >= 15 is 0 Å².